The van der Waals surface area contributed by atoms with Crippen LogP contribution in [0.1, 0.15) is 23.0 Å². The van der Waals surface area contributed by atoms with Gasteiger partial charge in [-0.3, -0.25) is 4.79 Å². The van der Waals surface area contributed by atoms with Crippen molar-refractivity contribution >= 4 is 21.6 Å². The Balaban J connectivity index is 1.71. The predicted molar refractivity (Wildman–Crippen MR) is 96.6 cm³/mol. The normalized spacial score (nSPS) is 18.7. The number of sulfone groups is 1. The van der Waals surface area contributed by atoms with Crippen LogP contribution in [0.15, 0.2) is 59.2 Å². The minimum absolute atomic E-state index is 0.0204. The monoisotopic (exact) mass is 371 g/mol. The summed E-state index contributed by atoms with van der Waals surface area (Å²) in [4.78, 5) is 12.4. The van der Waals surface area contributed by atoms with E-state index < -0.39 is 15.7 Å². The van der Waals surface area contributed by atoms with Gasteiger partial charge >= 0.3 is 0 Å². The van der Waals surface area contributed by atoms with Crippen molar-refractivity contribution in [1.29, 1.82) is 0 Å². The lowest BCUT2D eigenvalue weighted by Crippen LogP contribution is -2.19. The first-order valence-electron chi connectivity index (χ1n) is 8.22. The lowest BCUT2D eigenvalue weighted by atomic mass is 10.1. The Morgan fingerprint density at radius 1 is 1.19 bits per heavy atom. The maximum Gasteiger partial charge on any atom is 0.292 e. The van der Waals surface area contributed by atoms with Crippen molar-refractivity contribution < 1.29 is 17.6 Å². The van der Waals surface area contributed by atoms with Crippen molar-refractivity contribution in [2.75, 3.05) is 16.8 Å². The number of nitrogens with zero attached hydrogens (tertiary/aromatic N) is 2. The van der Waals surface area contributed by atoms with Crippen LogP contribution in [0.4, 0.5) is 5.82 Å². The van der Waals surface area contributed by atoms with Crippen LogP contribution in [-0.2, 0) is 9.84 Å². The molecule has 3 heterocycles. The molecule has 134 valence electrons. The number of carbonyl (C=O) groups excluding carboxylic acids is 1. The van der Waals surface area contributed by atoms with E-state index in [9.17, 15) is 13.2 Å². The number of nitrogens with one attached hydrogen (secondary N) is 1. The quantitative estimate of drug-likeness (QED) is 0.761. The Morgan fingerprint density at radius 2 is 2.00 bits per heavy atom. The SMILES string of the molecule is O=C(Nc1cc(-c2ccccc2)nn1[C@H]1CCS(=O)(=O)C1)c1ccco1. The van der Waals surface area contributed by atoms with Gasteiger partial charge in [0.25, 0.3) is 5.91 Å². The molecule has 1 saturated heterocycles. The number of furan rings is 1. The number of anilines is 1. The molecule has 0 spiro atoms. The number of rotatable bonds is 4. The van der Waals surface area contributed by atoms with Gasteiger partial charge in [0.1, 0.15) is 5.82 Å². The van der Waals surface area contributed by atoms with Gasteiger partial charge in [0.15, 0.2) is 15.6 Å². The molecular weight excluding hydrogens is 354 g/mol. The minimum Gasteiger partial charge on any atom is -0.459 e. The van der Waals surface area contributed by atoms with Gasteiger partial charge in [-0.2, -0.15) is 5.10 Å². The lowest BCUT2D eigenvalue weighted by Gasteiger charge is -2.13. The van der Waals surface area contributed by atoms with E-state index in [2.05, 4.69) is 10.4 Å². The third-order valence-corrected chi connectivity index (χ3v) is 6.10. The number of hydrogen-bond donors (Lipinski definition) is 1. The molecule has 1 atom stereocenters. The highest BCUT2D eigenvalue weighted by Crippen LogP contribution is 2.30. The molecule has 1 amide bonds. The molecule has 26 heavy (non-hydrogen) atoms. The van der Waals surface area contributed by atoms with Gasteiger partial charge in [-0.15, -0.1) is 0 Å². The van der Waals surface area contributed by atoms with Crippen LogP contribution >= 0.6 is 0 Å². The molecule has 1 aliphatic heterocycles. The fraction of sp³-hybridized carbons (Fsp3) is 0.222. The minimum atomic E-state index is -3.08. The van der Waals surface area contributed by atoms with E-state index in [0.717, 1.165) is 5.56 Å². The lowest BCUT2D eigenvalue weighted by molar-refractivity contribution is 0.0995. The molecule has 3 aromatic rings. The molecule has 0 bridgehead atoms. The summed E-state index contributed by atoms with van der Waals surface area (Å²) in [6.45, 7) is 0. The summed E-state index contributed by atoms with van der Waals surface area (Å²) in [6, 6.07) is 14.2. The molecular formula is C18H17N3O4S. The topological polar surface area (TPSA) is 94.2 Å². The molecule has 0 saturated carbocycles. The maximum atomic E-state index is 12.4. The molecule has 4 rings (SSSR count). The second kappa shape index (κ2) is 6.45. The Hall–Kier alpha value is -2.87. The Labute approximate surface area is 150 Å². The van der Waals surface area contributed by atoms with Crippen LogP contribution in [0.2, 0.25) is 0 Å². The number of carbonyl (C=O) groups is 1. The molecule has 1 N–H and O–H groups in total. The fourth-order valence-corrected chi connectivity index (χ4v) is 4.76. The molecule has 2 aromatic heterocycles. The third-order valence-electron chi connectivity index (χ3n) is 4.35. The molecule has 8 heteroatoms. The van der Waals surface area contributed by atoms with Crippen LogP contribution in [0.5, 0.6) is 0 Å². The average molecular weight is 371 g/mol. The standard InChI is InChI=1S/C18H17N3O4S/c22-18(16-7-4-9-25-16)19-17-11-15(13-5-2-1-3-6-13)20-21(17)14-8-10-26(23,24)12-14/h1-7,9,11,14H,8,10,12H2,(H,19,22)/t14-/m0/s1. The molecule has 0 radical (unpaired) electrons. The Morgan fingerprint density at radius 3 is 2.65 bits per heavy atom. The van der Waals surface area contributed by atoms with Crippen molar-refractivity contribution in [3.8, 4) is 11.3 Å². The highest BCUT2D eigenvalue weighted by atomic mass is 32.2. The van der Waals surface area contributed by atoms with Gasteiger partial charge < -0.3 is 9.73 Å². The fourth-order valence-electron chi connectivity index (χ4n) is 3.07. The zero-order valence-electron chi connectivity index (χ0n) is 13.8. The zero-order valence-corrected chi connectivity index (χ0v) is 14.6. The van der Waals surface area contributed by atoms with Crippen molar-refractivity contribution in [3.63, 3.8) is 0 Å². The van der Waals surface area contributed by atoms with E-state index in [4.69, 9.17) is 4.42 Å². The smallest absolute Gasteiger partial charge is 0.292 e. The van der Waals surface area contributed by atoms with Gasteiger partial charge in [0.05, 0.1) is 29.5 Å². The zero-order chi connectivity index (χ0) is 18.1. The van der Waals surface area contributed by atoms with Gasteiger partial charge in [-0.25, -0.2) is 13.1 Å². The van der Waals surface area contributed by atoms with E-state index >= 15 is 0 Å². The Bertz CT molecular complexity index is 1020. The molecule has 7 nitrogen and oxygen atoms in total. The maximum absolute atomic E-state index is 12.4. The highest BCUT2D eigenvalue weighted by molar-refractivity contribution is 7.91. The van der Waals surface area contributed by atoms with Crippen LogP contribution < -0.4 is 5.32 Å². The largest absolute Gasteiger partial charge is 0.459 e. The van der Waals surface area contributed by atoms with E-state index in [0.29, 0.717) is 17.9 Å². The summed E-state index contributed by atoms with van der Waals surface area (Å²) in [5.74, 6) is 0.373. The van der Waals surface area contributed by atoms with Crippen molar-refractivity contribution in [3.05, 3.63) is 60.6 Å². The summed E-state index contributed by atoms with van der Waals surface area (Å²) in [5, 5.41) is 7.35. The van der Waals surface area contributed by atoms with Crippen LogP contribution in [-0.4, -0.2) is 35.6 Å². The van der Waals surface area contributed by atoms with Gasteiger partial charge in [-0.05, 0) is 18.6 Å². The predicted octanol–water partition coefficient (Wildman–Crippen LogP) is 2.76. The van der Waals surface area contributed by atoms with E-state index in [1.165, 1.54) is 6.26 Å². The molecule has 0 aliphatic carbocycles. The second-order valence-corrected chi connectivity index (χ2v) is 8.44. The van der Waals surface area contributed by atoms with E-state index in [-0.39, 0.29) is 23.3 Å². The summed E-state index contributed by atoms with van der Waals surface area (Å²) in [7, 11) is -3.08. The average Bonchev–Trinajstić information content (AvgIpc) is 3.35. The third kappa shape index (κ3) is 3.28. The van der Waals surface area contributed by atoms with Gasteiger partial charge in [0.2, 0.25) is 0 Å². The molecule has 0 unspecified atom stereocenters. The Kier molecular flexibility index (Phi) is 4.12. The first kappa shape index (κ1) is 16.6. The number of hydrogen-bond acceptors (Lipinski definition) is 5. The second-order valence-electron chi connectivity index (χ2n) is 6.21. The van der Waals surface area contributed by atoms with E-state index in [1.807, 2.05) is 30.3 Å². The van der Waals surface area contributed by atoms with E-state index in [1.54, 1.807) is 22.9 Å². The first-order chi connectivity index (χ1) is 12.5. The summed E-state index contributed by atoms with van der Waals surface area (Å²) in [5.41, 5.74) is 1.56. The highest BCUT2D eigenvalue weighted by Gasteiger charge is 2.32. The van der Waals surface area contributed by atoms with Crippen LogP contribution in [0.25, 0.3) is 11.3 Å². The van der Waals surface area contributed by atoms with Crippen LogP contribution in [0, 0.1) is 0 Å². The van der Waals surface area contributed by atoms with Gasteiger partial charge in [-0.1, -0.05) is 30.3 Å². The molecule has 1 fully saturated rings. The van der Waals surface area contributed by atoms with Crippen LogP contribution in [0.3, 0.4) is 0 Å². The van der Waals surface area contributed by atoms with Crippen molar-refractivity contribution in [1.82, 2.24) is 9.78 Å². The number of amides is 1. The van der Waals surface area contributed by atoms with Gasteiger partial charge in [0, 0.05) is 11.6 Å². The van der Waals surface area contributed by atoms with Crippen molar-refractivity contribution in [2.24, 2.45) is 0 Å². The number of aromatic nitrogens is 2. The first-order valence-corrected chi connectivity index (χ1v) is 10.0. The summed E-state index contributed by atoms with van der Waals surface area (Å²) >= 11 is 0. The molecule has 1 aromatic carbocycles. The summed E-state index contributed by atoms with van der Waals surface area (Å²) in [6.07, 6.45) is 1.90. The number of benzene rings is 1. The summed E-state index contributed by atoms with van der Waals surface area (Å²) < 4.78 is 30.5. The molecule has 1 aliphatic rings. The van der Waals surface area contributed by atoms with Crippen molar-refractivity contribution in [2.45, 2.75) is 12.5 Å².